The summed E-state index contributed by atoms with van der Waals surface area (Å²) in [5, 5.41) is 0.652. The maximum atomic E-state index is 11.8. The van der Waals surface area contributed by atoms with Crippen LogP contribution >= 0.6 is 11.6 Å². The lowest BCUT2D eigenvalue weighted by Crippen LogP contribution is -2.22. The molecule has 1 amide bonds. The summed E-state index contributed by atoms with van der Waals surface area (Å²) in [5.41, 5.74) is 2.07. The summed E-state index contributed by atoms with van der Waals surface area (Å²) in [7, 11) is 3.41. The number of hydrogen-bond acceptors (Lipinski definition) is 2. The van der Waals surface area contributed by atoms with Gasteiger partial charge in [-0.15, -0.1) is 0 Å². The van der Waals surface area contributed by atoms with E-state index in [1.807, 2.05) is 30.3 Å². The number of pyridine rings is 1. The molecule has 0 bridgehead atoms. The summed E-state index contributed by atoms with van der Waals surface area (Å²) >= 11 is 5.94. The van der Waals surface area contributed by atoms with Crippen LogP contribution in [0.25, 0.3) is 11.3 Å². The average Bonchev–Trinajstić information content (AvgIpc) is 2.38. The Morgan fingerprint density at radius 2 is 1.89 bits per heavy atom. The van der Waals surface area contributed by atoms with Crippen LogP contribution in [-0.2, 0) is 0 Å². The van der Waals surface area contributed by atoms with Crippen molar-refractivity contribution >= 4 is 17.5 Å². The van der Waals surface area contributed by atoms with E-state index in [1.165, 1.54) is 4.90 Å². The predicted molar refractivity (Wildman–Crippen MR) is 72.7 cm³/mol. The minimum atomic E-state index is -0.112. The van der Waals surface area contributed by atoms with Crippen LogP contribution in [0.5, 0.6) is 0 Å². The molecule has 92 valence electrons. The zero-order valence-electron chi connectivity index (χ0n) is 10.2. The number of benzene rings is 1. The monoisotopic (exact) mass is 260 g/mol. The molecule has 0 atom stereocenters. The summed E-state index contributed by atoms with van der Waals surface area (Å²) < 4.78 is 0. The van der Waals surface area contributed by atoms with E-state index in [0.29, 0.717) is 10.7 Å². The van der Waals surface area contributed by atoms with Gasteiger partial charge in [0.2, 0.25) is 0 Å². The number of hydrogen-bond donors (Lipinski definition) is 0. The first-order valence-corrected chi connectivity index (χ1v) is 5.90. The van der Waals surface area contributed by atoms with E-state index in [9.17, 15) is 4.79 Å². The van der Waals surface area contributed by atoms with E-state index in [-0.39, 0.29) is 5.91 Å². The Labute approximate surface area is 111 Å². The molecule has 0 radical (unpaired) electrons. The molecule has 0 aliphatic heterocycles. The molecule has 0 aliphatic rings. The minimum Gasteiger partial charge on any atom is -0.343 e. The number of aromatic nitrogens is 1. The second kappa shape index (κ2) is 5.19. The summed E-state index contributed by atoms with van der Waals surface area (Å²) in [6.45, 7) is 0. The summed E-state index contributed by atoms with van der Waals surface area (Å²) in [6.07, 6.45) is 0. The summed E-state index contributed by atoms with van der Waals surface area (Å²) in [6, 6.07) is 12.8. The lowest BCUT2D eigenvalue weighted by molar-refractivity contribution is 0.0822. The van der Waals surface area contributed by atoms with Crippen molar-refractivity contribution in [1.29, 1.82) is 0 Å². The van der Waals surface area contributed by atoms with Gasteiger partial charge in [-0.05, 0) is 24.3 Å². The van der Waals surface area contributed by atoms with Gasteiger partial charge in [-0.1, -0.05) is 29.8 Å². The Morgan fingerprint density at radius 1 is 1.17 bits per heavy atom. The molecule has 1 heterocycles. The lowest BCUT2D eigenvalue weighted by Gasteiger charge is -2.10. The molecule has 18 heavy (non-hydrogen) atoms. The van der Waals surface area contributed by atoms with Crippen molar-refractivity contribution in [2.75, 3.05) is 14.1 Å². The third-order valence-electron chi connectivity index (χ3n) is 2.49. The molecule has 0 N–H and O–H groups in total. The minimum absolute atomic E-state index is 0.112. The molecule has 1 aromatic carbocycles. The van der Waals surface area contributed by atoms with Gasteiger partial charge in [0.05, 0.1) is 5.69 Å². The number of carbonyl (C=O) groups excluding carboxylic acids is 1. The van der Waals surface area contributed by atoms with Crippen molar-refractivity contribution < 1.29 is 4.79 Å². The predicted octanol–water partition coefficient (Wildman–Crippen LogP) is 3.10. The molecule has 0 spiro atoms. The fraction of sp³-hybridized carbons (Fsp3) is 0.143. The SMILES string of the molecule is CN(C)C(=O)c1cccc(-c2cccc(Cl)c2)n1. The first kappa shape index (κ1) is 12.6. The van der Waals surface area contributed by atoms with Gasteiger partial charge >= 0.3 is 0 Å². The van der Waals surface area contributed by atoms with Crippen LogP contribution in [-0.4, -0.2) is 29.9 Å². The third-order valence-corrected chi connectivity index (χ3v) is 2.73. The highest BCUT2D eigenvalue weighted by Gasteiger charge is 2.10. The first-order valence-electron chi connectivity index (χ1n) is 5.52. The van der Waals surface area contributed by atoms with Gasteiger partial charge in [0.15, 0.2) is 0 Å². The highest BCUT2D eigenvalue weighted by molar-refractivity contribution is 6.30. The van der Waals surface area contributed by atoms with Crippen molar-refractivity contribution in [2.45, 2.75) is 0 Å². The van der Waals surface area contributed by atoms with Crippen molar-refractivity contribution in [3.63, 3.8) is 0 Å². The highest BCUT2D eigenvalue weighted by Crippen LogP contribution is 2.21. The fourth-order valence-electron chi connectivity index (χ4n) is 1.59. The summed E-state index contributed by atoms with van der Waals surface area (Å²) in [4.78, 5) is 17.7. The van der Waals surface area contributed by atoms with Gasteiger partial charge in [-0.2, -0.15) is 0 Å². The van der Waals surface area contributed by atoms with Gasteiger partial charge in [-0.3, -0.25) is 4.79 Å². The Morgan fingerprint density at radius 3 is 2.56 bits per heavy atom. The smallest absolute Gasteiger partial charge is 0.271 e. The molecule has 2 rings (SSSR count). The van der Waals surface area contributed by atoms with Crippen molar-refractivity contribution in [3.8, 4) is 11.3 Å². The van der Waals surface area contributed by atoms with Gasteiger partial charge in [0.1, 0.15) is 5.69 Å². The Bertz CT molecular complexity index is 582. The van der Waals surface area contributed by atoms with Crippen LogP contribution in [0.15, 0.2) is 42.5 Å². The quantitative estimate of drug-likeness (QED) is 0.831. The Hall–Kier alpha value is -1.87. The topological polar surface area (TPSA) is 33.2 Å². The Balaban J connectivity index is 2.42. The number of amides is 1. The Kier molecular flexibility index (Phi) is 3.63. The average molecular weight is 261 g/mol. The largest absolute Gasteiger partial charge is 0.343 e. The van der Waals surface area contributed by atoms with Gasteiger partial charge in [-0.25, -0.2) is 4.98 Å². The van der Waals surface area contributed by atoms with E-state index < -0.39 is 0 Å². The molecule has 1 aromatic heterocycles. The molecule has 4 heteroatoms. The molecule has 0 saturated heterocycles. The zero-order valence-corrected chi connectivity index (χ0v) is 11.0. The van der Waals surface area contributed by atoms with Gasteiger partial charge in [0, 0.05) is 24.7 Å². The van der Waals surface area contributed by atoms with E-state index >= 15 is 0 Å². The van der Waals surface area contributed by atoms with E-state index in [2.05, 4.69) is 4.98 Å². The molecule has 0 unspecified atom stereocenters. The second-order valence-corrected chi connectivity index (χ2v) is 4.55. The number of carbonyl (C=O) groups is 1. The van der Waals surface area contributed by atoms with Crippen LogP contribution in [0, 0.1) is 0 Å². The number of nitrogens with zero attached hydrogens (tertiary/aromatic N) is 2. The van der Waals surface area contributed by atoms with Crippen LogP contribution in [0.1, 0.15) is 10.5 Å². The highest BCUT2D eigenvalue weighted by atomic mass is 35.5. The maximum Gasteiger partial charge on any atom is 0.271 e. The van der Waals surface area contributed by atoms with Crippen molar-refractivity contribution in [3.05, 3.63) is 53.2 Å². The van der Waals surface area contributed by atoms with E-state index in [0.717, 1.165) is 11.3 Å². The zero-order chi connectivity index (χ0) is 13.1. The first-order chi connectivity index (χ1) is 8.58. The second-order valence-electron chi connectivity index (χ2n) is 4.12. The van der Waals surface area contributed by atoms with E-state index in [1.54, 1.807) is 26.2 Å². The molecular weight excluding hydrogens is 248 g/mol. The van der Waals surface area contributed by atoms with Crippen LogP contribution in [0.4, 0.5) is 0 Å². The maximum absolute atomic E-state index is 11.8. The van der Waals surface area contributed by atoms with Crippen LogP contribution in [0.3, 0.4) is 0 Å². The number of halogens is 1. The normalized spacial score (nSPS) is 10.2. The molecule has 0 fully saturated rings. The standard InChI is InChI=1S/C14H13ClN2O/c1-17(2)14(18)13-8-4-7-12(16-13)10-5-3-6-11(15)9-10/h3-9H,1-2H3. The van der Waals surface area contributed by atoms with Crippen molar-refractivity contribution in [1.82, 2.24) is 9.88 Å². The molecule has 2 aromatic rings. The van der Waals surface area contributed by atoms with Gasteiger partial charge < -0.3 is 4.90 Å². The van der Waals surface area contributed by atoms with Gasteiger partial charge in [0.25, 0.3) is 5.91 Å². The third kappa shape index (κ3) is 2.68. The van der Waals surface area contributed by atoms with Crippen LogP contribution < -0.4 is 0 Å². The number of rotatable bonds is 2. The van der Waals surface area contributed by atoms with E-state index in [4.69, 9.17) is 11.6 Å². The summed E-state index contributed by atoms with van der Waals surface area (Å²) in [5.74, 6) is -0.112. The molecule has 0 aliphatic carbocycles. The fourth-order valence-corrected chi connectivity index (χ4v) is 1.78. The molecule has 3 nitrogen and oxygen atoms in total. The molecule has 0 saturated carbocycles. The van der Waals surface area contributed by atoms with Crippen LogP contribution in [0.2, 0.25) is 5.02 Å². The lowest BCUT2D eigenvalue weighted by atomic mass is 10.1. The van der Waals surface area contributed by atoms with Crippen molar-refractivity contribution in [2.24, 2.45) is 0 Å². The molecular formula is C14H13ClN2O.